The SMILES string of the molecule is COc1cc2c(cc1OC)[C@H](CNC(=S)NC(C)C)N(Cc1ccccc1C)CC2. The number of benzene rings is 2. The lowest BCUT2D eigenvalue weighted by Gasteiger charge is -2.38. The minimum absolute atomic E-state index is 0.181. The Morgan fingerprint density at radius 2 is 1.87 bits per heavy atom. The first-order valence-corrected chi connectivity index (χ1v) is 10.9. The number of fused-ring (bicyclic) bond motifs is 1. The van der Waals surface area contributed by atoms with Crippen molar-refractivity contribution in [2.45, 2.75) is 45.8 Å². The van der Waals surface area contributed by atoms with Crippen molar-refractivity contribution in [3.05, 3.63) is 58.7 Å². The van der Waals surface area contributed by atoms with Crippen LogP contribution in [0, 0.1) is 6.92 Å². The lowest BCUT2D eigenvalue weighted by atomic mass is 9.91. The molecular formula is C24H33N3O2S. The summed E-state index contributed by atoms with van der Waals surface area (Å²) in [4.78, 5) is 2.53. The van der Waals surface area contributed by atoms with E-state index in [4.69, 9.17) is 21.7 Å². The topological polar surface area (TPSA) is 45.8 Å². The van der Waals surface area contributed by atoms with Gasteiger partial charge in [0.25, 0.3) is 0 Å². The number of nitrogens with zero attached hydrogens (tertiary/aromatic N) is 1. The summed E-state index contributed by atoms with van der Waals surface area (Å²) in [5.41, 5.74) is 5.25. The predicted molar refractivity (Wildman–Crippen MR) is 126 cm³/mol. The zero-order valence-corrected chi connectivity index (χ0v) is 19.4. The number of hydrogen-bond acceptors (Lipinski definition) is 4. The Bertz CT molecular complexity index is 885. The average Bonchev–Trinajstić information content (AvgIpc) is 2.72. The molecule has 1 heterocycles. The molecule has 0 aliphatic carbocycles. The van der Waals surface area contributed by atoms with E-state index in [2.05, 4.69) is 72.7 Å². The van der Waals surface area contributed by atoms with Crippen LogP contribution < -0.4 is 20.1 Å². The van der Waals surface area contributed by atoms with E-state index in [1.165, 1.54) is 22.3 Å². The van der Waals surface area contributed by atoms with Gasteiger partial charge in [-0.1, -0.05) is 24.3 Å². The highest BCUT2D eigenvalue weighted by Gasteiger charge is 2.29. The number of methoxy groups -OCH3 is 2. The first-order valence-electron chi connectivity index (χ1n) is 10.5. The van der Waals surface area contributed by atoms with Crippen LogP contribution in [-0.4, -0.2) is 43.4 Å². The van der Waals surface area contributed by atoms with Crippen molar-refractivity contribution in [1.29, 1.82) is 0 Å². The van der Waals surface area contributed by atoms with Crippen LogP contribution in [-0.2, 0) is 13.0 Å². The normalized spacial score (nSPS) is 16.1. The van der Waals surface area contributed by atoms with Crippen LogP contribution in [0.25, 0.3) is 0 Å². The van der Waals surface area contributed by atoms with E-state index in [-0.39, 0.29) is 6.04 Å². The van der Waals surface area contributed by atoms with Gasteiger partial charge in [-0.25, -0.2) is 0 Å². The molecule has 1 atom stereocenters. The van der Waals surface area contributed by atoms with Crippen molar-refractivity contribution >= 4 is 17.3 Å². The molecule has 3 rings (SSSR count). The van der Waals surface area contributed by atoms with Gasteiger partial charge < -0.3 is 20.1 Å². The van der Waals surface area contributed by atoms with Crippen LogP contribution in [0.4, 0.5) is 0 Å². The quantitative estimate of drug-likeness (QED) is 0.652. The fraction of sp³-hybridized carbons (Fsp3) is 0.458. The Morgan fingerprint density at radius 1 is 1.17 bits per heavy atom. The second kappa shape index (κ2) is 10.1. The summed E-state index contributed by atoms with van der Waals surface area (Å²) in [7, 11) is 3.37. The summed E-state index contributed by atoms with van der Waals surface area (Å²) < 4.78 is 11.1. The molecule has 0 saturated carbocycles. The maximum Gasteiger partial charge on any atom is 0.166 e. The van der Waals surface area contributed by atoms with E-state index >= 15 is 0 Å². The van der Waals surface area contributed by atoms with Crippen LogP contribution in [0.3, 0.4) is 0 Å². The monoisotopic (exact) mass is 427 g/mol. The Labute approximate surface area is 185 Å². The van der Waals surface area contributed by atoms with Crippen molar-refractivity contribution in [3.8, 4) is 11.5 Å². The molecule has 0 aromatic heterocycles. The van der Waals surface area contributed by atoms with Crippen molar-refractivity contribution in [3.63, 3.8) is 0 Å². The molecule has 1 aliphatic heterocycles. The minimum Gasteiger partial charge on any atom is -0.493 e. The molecule has 0 spiro atoms. The Kier molecular flexibility index (Phi) is 7.56. The fourth-order valence-corrected chi connectivity index (χ4v) is 4.34. The predicted octanol–water partition coefficient (Wildman–Crippen LogP) is 3.98. The minimum atomic E-state index is 0.181. The van der Waals surface area contributed by atoms with Gasteiger partial charge in [-0.2, -0.15) is 0 Å². The summed E-state index contributed by atoms with van der Waals surface area (Å²) in [6.07, 6.45) is 0.979. The first kappa shape index (κ1) is 22.4. The zero-order valence-electron chi connectivity index (χ0n) is 18.6. The highest BCUT2D eigenvalue weighted by Crippen LogP contribution is 2.38. The van der Waals surface area contributed by atoms with E-state index < -0.39 is 0 Å². The van der Waals surface area contributed by atoms with Crippen molar-refractivity contribution < 1.29 is 9.47 Å². The standard InChI is InChI=1S/C24H33N3O2S/c1-16(2)26-24(30)25-14-21-20-13-23(29-5)22(28-4)12-18(20)10-11-27(21)15-19-9-7-6-8-17(19)3/h6-9,12-13,16,21H,10-11,14-15H2,1-5H3,(H2,25,26,30)/t21-/m0/s1. The van der Waals surface area contributed by atoms with Crippen LogP contribution in [0.15, 0.2) is 36.4 Å². The van der Waals surface area contributed by atoms with Gasteiger partial charge in [-0.3, -0.25) is 4.90 Å². The number of rotatable bonds is 7. The maximum absolute atomic E-state index is 5.60. The van der Waals surface area contributed by atoms with Crippen LogP contribution in [0.2, 0.25) is 0 Å². The molecule has 0 unspecified atom stereocenters. The number of hydrogen-bond donors (Lipinski definition) is 2. The van der Waals surface area contributed by atoms with E-state index in [1.54, 1.807) is 14.2 Å². The van der Waals surface area contributed by atoms with Crippen LogP contribution in [0.1, 0.15) is 42.1 Å². The number of thiocarbonyl (C=S) groups is 1. The highest BCUT2D eigenvalue weighted by atomic mass is 32.1. The van der Waals surface area contributed by atoms with Gasteiger partial charge in [-0.05, 0) is 73.8 Å². The third kappa shape index (κ3) is 5.24. The van der Waals surface area contributed by atoms with Gasteiger partial charge >= 0.3 is 0 Å². The largest absolute Gasteiger partial charge is 0.493 e. The molecule has 2 N–H and O–H groups in total. The number of aryl methyl sites for hydroxylation is 1. The van der Waals surface area contributed by atoms with Crippen LogP contribution >= 0.6 is 12.2 Å². The summed E-state index contributed by atoms with van der Waals surface area (Å²) in [6.45, 7) is 8.96. The summed E-state index contributed by atoms with van der Waals surface area (Å²) in [5, 5.41) is 7.39. The Balaban J connectivity index is 1.91. The van der Waals surface area contributed by atoms with E-state index in [0.717, 1.165) is 37.6 Å². The van der Waals surface area contributed by atoms with E-state index in [1.807, 2.05) is 0 Å². The van der Waals surface area contributed by atoms with Crippen molar-refractivity contribution in [2.24, 2.45) is 0 Å². The highest BCUT2D eigenvalue weighted by molar-refractivity contribution is 7.80. The second-order valence-electron chi connectivity index (χ2n) is 8.08. The smallest absolute Gasteiger partial charge is 0.166 e. The van der Waals surface area contributed by atoms with Gasteiger partial charge in [0.2, 0.25) is 0 Å². The molecule has 6 heteroatoms. The fourth-order valence-electron chi connectivity index (χ4n) is 4.02. The molecule has 2 aromatic rings. The van der Waals surface area contributed by atoms with Gasteiger partial charge in [0.15, 0.2) is 16.6 Å². The summed E-state index contributed by atoms with van der Waals surface area (Å²) >= 11 is 5.49. The molecule has 0 fully saturated rings. The average molecular weight is 428 g/mol. The Morgan fingerprint density at radius 3 is 2.53 bits per heavy atom. The molecule has 5 nitrogen and oxygen atoms in total. The van der Waals surface area contributed by atoms with Crippen molar-refractivity contribution in [2.75, 3.05) is 27.3 Å². The molecule has 162 valence electrons. The molecule has 30 heavy (non-hydrogen) atoms. The number of ether oxygens (including phenoxy) is 2. The maximum atomic E-state index is 5.60. The number of nitrogens with one attached hydrogen (secondary N) is 2. The van der Waals surface area contributed by atoms with E-state index in [0.29, 0.717) is 11.2 Å². The third-order valence-electron chi connectivity index (χ3n) is 5.62. The lowest BCUT2D eigenvalue weighted by molar-refractivity contribution is 0.175. The second-order valence-corrected chi connectivity index (χ2v) is 8.49. The van der Waals surface area contributed by atoms with Gasteiger partial charge in [0, 0.05) is 25.7 Å². The lowest BCUT2D eigenvalue weighted by Crippen LogP contribution is -2.45. The van der Waals surface area contributed by atoms with Crippen LogP contribution in [0.5, 0.6) is 11.5 Å². The van der Waals surface area contributed by atoms with Gasteiger partial charge in [0.1, 0.15) is 0 Å². The molecule has 0 bridgehead atoms. The molecule has 1 aliphatic rings. The molecular weight excluding hydrogens is 394 g/mol. The molecule has 0 saturated heterocycles. The van der Waals surface area contributed by atoms with Gasteiger partial charge in [0.05, 0.1) is 20.3 Å². The third-order valence-corrected chi connectivity index (χ3v) is 5.89. The van der Waals surface area contributed by atoms with Crippen molar-refractivity contribution in [1.82, 2.24) is 15.5 Å². The molecule has 0 radical (unpaired) electrons. The zero-order chi connectivity index (χ0) is 21.7. The first-order chi connectivity index (χ1) is 14.4. The van der Waals surface area contributed by atoms with E-state index in [9.17, 15) is 0 Å². The summed E-state index contributed by atoms with van der Waals surface area (Å²) in [5.74, 6) is 1.55. The Hall–Kier alpha value is -2.31. The van der Waals surface area contributed by atoms with Gasteiger partial charge in [-0.15, -0.1) is 0 Å². The molecule has 0 amide bonds. The molecule has 2 aromatic carbocycles. The summed E-state index contributed by atoms with van der Waals surface area (Å²) in [6, 6.07) is 13.3.